The van der Waals surface area contributed by atoms with Crippen molar-refractivity contribution in [2.45, 2.75) is 12.6 Å². The van der Waals surface area contributed by atoms with Crippen molar-refractivity contribution < 1.29 is 14.6 Å². The fourth-order valence-electron chi connectivity index (χ4n) is 2.87. The van der Waals surface area contributed by atoms with Crippen molar-refractivity contribution in [3.05, 3.63) is 58.0 Å². The predicted octanol–water partition coefficient (Wildman–Crippen LogP) is 1.43. The quantitative estimate of drug-likeness (QED) is 0.631. The van der Waals surface area contributed by atoms with E-state index in [1.165, 1.54) is 12.1 Å². The molecule has 1 saturated heterocycles. The van der Waals surface area contributed by atoms with Gasteiger partial charge in [-0.1, -0.05) is 17.3 Å². The molecule has 0 amide bonds. The number of piperazine rings is 1. The molecular formula is C16H20N4O4. The summed E-state index contributed by atoms with van der Waals surface area (Å²) >= 11 is 0. The summed E-state index contributed by atoms with van der Waals surface area (Å²) in [6, 6.07) is 8.05. The SMILES string of the molecule is O=[N+]([O-])c1cccc(C(O)CN2CCN(Cc3ccon3)CC2)c1. The van der Waals surface area contributed by atoms with Crippen LogP contribution in [0.15, 0.2) is 41.1 Å². The van der Waals surface area contributed by atoms with E-state index in [2.05, 4.69) is 15.0 Å². The number of nitro benzene ring substituents is 1. The second kappa shape index (κ2) is 7.52. The first-order valence-electron chi connectivity index (χ1n) is 7.88. The number of aliphatic hydroxyl groups is 1. The largest absolute Gasteiger partial charge is 0.387 e. The molecule has 2 aromatic rings. The number of non-ortho nitro benzene ring substituents is 1. The first-order valence-corrected chi connectivity index (χ1v) is 7.88. The summed E-state index contributed by atoms with van der Waals surface area (Å²) in [6.07, 6.45) is 0.841. The summed E-state index contributed by atoms with van der Waals surface area (Å²) in [5.74, 6) is 0. The van der Waals surface area contributed by atoms with Crippen molar-refractivity contribution in [2.75, 3.05) is 32.7 Å². The van der Waals surface area contributed by atoms with E-state index in [-0.39, 0.29) is 5.69 Å². The molecule has 24 heavy (non-hydrogen) atoms. The summed E-state index contributed by atoms with van der Waals surface area (Å²) in [6.45, 7) is 4.67. The molecule has 0 bridgehead atoms. The number of rotatable bonds is 6. The second-order valence-electron chi connectivity index (χ2n) is 5.94. The molecule has 0 spiro atoms. The van der Waals surface area contributed by atoms with Gasteiger partial charge < -0.3 is 9.63 Å². The summed E-state index contributed by atoms with van der Waals surface area (Å²) in [5.41, 5.74) is 1.50. The Balaban J connectivity index is 1.50. The van der Waals surface area contributed by atoms with Gasteiger partial charge in [0.1, 0.15) is 6.26 Å². The van der Waals surface area contributed by atoms with Crippen LogP contribution in [0.5, 0.6) is 0 Å². The predicted molar refractivity (Wildman–Crippen MR) is 86.3 cm³/mol. The minimum Gasteiger partial charge on any atom is -0.387 e. The average molecular weight is 332 g/mol. The average Bonchev–Trinajstić information content (AvgIpc) is 3.10. The lowest BCUT2D eigenvalue weighted by atomic mass is 10.1. The molecule has 1 N–H and O–H groups in total. The zero-order valence-electron chi connectivity index (χ0n) is 13.2. The highest BCUT2D eigenvalue weighted by Crippen LogP contribution is 2.20. The van der Waals surface area contributed by atoms with Gasteiger partial charge in [0.15, 0.2) is 0 Å². The molecule has 128 valence electrons. The fourth-order valence-corrected chi connectivity index (χ4v) is 2.87. The minimum absolute atomic E-state index is 0.00369. The number of hydrogen-bond acceptors (Lipinski definition) is 7. The maximum Gasteiger partial charge on any atom is 0.269 e. The number of β-amino-alcohol motifs (C(OH)–C–C–N with tert-alkyl or cyclic N) is 1. The van der Waals surface area contributed by atoms with Gasteiger partial charge in [-0.15, -0.1) is 0 Å². The minimum atomic E-state index is -0.730. The zero-order chi connectivity index (χ0) is 16.9. The van der Waals surface area contributed by atoms with E-state index in [9.17, 15) is 15.2 Å². The Hall–Kier alpha value is -2.29. The van der Waals surface area contributed by atoms with Crippen LogP contribution in [-0.2, 0) is 6.54 Å². The van der Waals surface area contributed by atoms with Gasteiger partial charge in [0.25, 0.3) is 5.69 Å². The van der Waals surface area contributed by atoms with E-state index in [0.29, 0.717) is 12.1 Å². The molecule has 0 aliphatic carbocycles. The number of nitrogens with zero attached hydrogens (tertiary/aromatic N) is 4. The van der Waals surface area contributed by atoms with E-state index in [1.54, 1.807) is 18.4 Å². The first kappa shape index (κ1) is 16.6. The Morgan fingerprint density at radius 1 is 1.25 bits per heavy atom. The Kier molecular flexibility index (Phi) is 5.19. The molecule has 8 nitrogen and oxygen atoms in total. The molecule has 1 atom stereocenters. The standard InChI is InChI=1S/C16H20N4O4/c21-16(13-2-1-3-15(10-13)20(22)23)12-19-7-5-18(6-8-19)11-14-4-9-24-17-14/h1-4,9-10,16,21H,5-8,11-12H2. The van der Waals surface area contributed by atoms with Crippen LogP contribution in [-0.4, -0.2) is 57.7 Å². The monoisotopic (exact) mass is 332 g/mol. The number of benzene rings is 1. The fraction of sp³-hybridized carbons (Fsp3) is 0.438. The van der Waals surface area contributed by atoms with E-state index >= 15 is 0 Å². The smallest absolute Gasteiger partial charge is 0.269 e. The van der Waals surface area contributed by atoms with Crippen LogP contribution in [0.4, 0.5) is 5.69 Å². The third-order valence-electron chi connectivity index (χ3n) is 4.24. The summed E-state index contributed by atoms with van der Waals surface area (Å²) in [4.78, 5) is 14.8. The van der Waals surface area contributed by atoms with Crippen LogP contribution >= 0.6 is 0 Å². The number of aromatic nitrogens is 1. The third-order valence-corrected chi connectivity index (χ3v) is 4.24. The van der Waals surface area contributed by atoms with Crippen molar-refractivity contribution in [3.63, 3.8) is 0 Å². The molecule has 1 aromatic carbocycles. The number of hydrogen-bond donors (Lipinski definition) is 1. The summed E-state index contributed by atoms with van der Waals surface area (Å²) in [7, 11) is 0. The first-order chi connectivity index (χ1) is 11.6. The molecule has 1 unspecified atom stereocenters. The molecule has 1 aromatic heterocycles. The highest BCUT2D eigenvalue weighted by atomic mass is 16.6. The van der Waals surface area contributed by atoms with Crippen LogP contribution in [0.25, 0.3) is 0 Å². The van der Waals surface area contributed by atoms with Crippen LogP contribution in [0.1, 0.15) is 17.4 Å². The lowest BCUT2D eigenvalue weighted by molar-refractivity contribution is -0.385. The van der Waals surface area contributed by atoms with E-state index < -0.39 is 11.0 Å². The Morgan fingerprint density at radius 3 is 2.67 bits per heavy atom. The lowest BCUT2D eigenvalue weighted by Gasteiger charge is -2.35. The summed E-state index contributed by atoms with van der Waals surface area (Å²) in [5, 5.41) is 25.1. The third kappa shape index (κ3) is 4.16. The van der Waals surface area contributed by atoms with Crippen molar-refractivity contribution in [1.29, 1.82) is 0 Å². The van der Waals surface area contributed by atoms with Gasteiger partial charge in [-0.25, -0.2) is 0 Å². The molecule has 3 rings (SSSR count). The van der Waals surface area contributed by atoms with Crippen LogP contribution < -0.4 is 0 Å². The van der Waals surface area contributed by atoms with Gasteiger partial charge in [-0.05, 0) is 5.56 Å². The molecule has 2 heterocycles. The normalized spacial score (nSPS) is 17.7. The molecule has 0 saturated carbocycles. The highest BCUT2D eigenvalue weighted by Gasteiger charge is 2.21. The van der Waals surface area contributed by atoms with E-state index in [1.807, 2.05) is 6.07 Å². The van der Waals surface area contributed by atoms with E-state index in [4.69, 9.17) is 4.52 Å². The van der Waals surface area contributed by atoms with Gasteiger partial charge in [-0.3, -0.25) is 19.9 Å². The molecule has 1 aliphatic rings. The summed E-state index contributed by atoms with van der Waals surface area (Å²) < 4.78 is 4.84. The van der Waals surface area contributed by atoms with Crippen molar-refractivity contribution in [2.24, 2.45) is 0 Å². The van der Waals surface area contributed by atoms with Gasteiger partial charge in [0.2, 0.25) is 0 Å². The van der Waals surface area contributed by atoms with Crippen LogP contribution in [0.3, 0.4) is 0 Å². The number of nitro groups is 1. The second-order valence-corrected chi connectivity index (χ2v) is 5.94. The van der Waals surface area contributed by atoms with Gasteiger partial charge in [0.05, 0.1) is 16.7 Å². The maximum atomic E-state index is 10.8. The van der Waals surface area contributed by atoms with E-state index in [0.717, 1.165) is 38.4 Å². The molecular weight excluding hydrogens is 312 g/mol. The topological polar surface area (TPSA) is 95.9 Å². The highest BCUT2D eigenvalue weighted by molar-refractivity contribution is 5.35. The molecule has 1 fully saturated rings. The molecule has 0 radical (unpaired) electrons. The van der Waals surface area contributed by atoms with Crippen molar-refractivity contribution >= 4 is 5.69 Å². The van der Waals surface area contributed by atoms with Crippen molar-refractivity contribution in [1.82, 2.24) is 15.0 Å². The Bertz CT molecular complexity index is 668. The van der Waals surface area contributed by atoms with Crippen LogP contribution in [0, 0.1) is 10.1 Å². The Morgan fingerprint density at radius 2 is 2.00 bits per heavy atom. The number of aliphatic hydroxyl groups excluding tert-OH is 1. The molecule has 1 aliphatic heterocycles. The zero-order valence-corrected chi connectivity index (χ0v) is 13.2. The Labute approximate surface area is 139 Å². The van der Waals surface area contributed by atoms with Crippen LogP contribution in [0.2, 0.25) is 0 Å². The maximum absolute atomic E-state index is 10.8. The lowest BCUT2D eigenvalue weighted by Crippen LogP contribution is -2.47. The molecule has 8 heteroatoms. The van der Waals surface area contributed by atoms with Gasteiger partial charge in [-0.2, -0.15) is 0 Å². The van der Waals surface area contributed by atoms with Crippen molar-refractivity contribution in [3.8, 4) is 0 Å². The van der Waals surface area contributed by atoms with Gasteiger partial charge in [0, 0.05) is 57.5 Å². The van der Waals surface area contributed by atoms with Gasteiger partial charge >= 0.3 is 0 Å².